The fraction of sp³-hybridized carbons (Fsp3) is 0.0769. The van der Waals surface area contributed by atoms with E-state index in [2.05, 4.69) is 133 Å². The molecule has 7 rings (SSSR count). The van der Waals surface area contributed by atoms with E-state index in [4.69, 9.17) is 9.47 Å². The SMILES string of the molecule is COc1ccc(-c2ccc3c(c2-c2ccc(OC)cc2)C(c2ccccc2)(c2ccccc2)c2ccccc2-3)cc1. The normalized spacial score (nSPS) is 12.8. The predicted octanol–water partition coefficient (Wildman–Crippen LogP) is 9.40. The standard InChI is InChI=1S/C39H30O2/c1-40-31-21-17-27(18-22-31)33-25-26-35-34-15-9-10-16-36(34)39(29-11-5-3-6-12-29,30-13-7-4-8-14-30)38(35)37(33)28-19-23-32(41-2)24-20-28/h3-26H,1-2H3. The van der Waals surface area contributed by atoms with Gasteiger partial charge in [0.1, 0.15) is 11.5 Å². The lowest BCUT2D eigenvalue weighted by Gasteiger charge is -2.36. The van der Waals surface area contributed by atoms with Crippen LogP contribution in [0.2, 0.25) is 0 Å². The van der Waals surface area contributed by atoms with Crippen molar-refractivity contribution in [3.05, 3.63) is 168 Å². The van der Waals surface area contributed by atoms with Gasteiger partial charge >= 0.3 is 0 Å². The summed E-state index contributed by atoms with van der Waals surface area (Å²) in [6, 6.07) is 52.3. The topological polar surface area (TPSA) is 18.5 Å². The lowest BCUT2D eigenvalue weighted by molar-refractivity contribution is 0.414. The van der Waals surface area contributed by atoms with E-state index in [0.717, 1.165) is 22.6 Å². The molecule has 6 aromatic carbocycles. The van der Waals surface area contributed by atoms with Gasteiger partial charge in [-0.3, -0.25) is 0 Å². The molecule has 0 saturated carbocycles. The van der Waals surface area contributed by atoms with Gasteiger partial charge in [-0.25, -0.2) is 0 Å². The van der Waals surface area contributed by atoms with E-state index in [1.165, 1.54) is 44.5 Å². The Morgan fingerprint density at radius 3 is 1.46 bits per heavy atom. The zero-order valence-electron chi connectivity index (χ0n) is 23.2. The summed E-state index contributed by atoms with van der Waals surface area (Å²) in [6.07, 6.45) is 0. The Bertz CT molecular complexity index is 1780. The van der Waals surface area contributed by atoms with Crippen molar-refractivity contribution in [1.82, 2.24) is 0 Å². The minimum atomic E-state index is -0.508. The second kappa shape index (κ2) is 10.1. The van der Waals surface area contributed by atoms with E-state index >= 15 is 0 Å². The fourth-order valence-electron chi connectivity index (χ4n) is 6.61. The van der Waals surface area contributed by atoms with Crippen molar-refractivity contribution in [2.24, 2.45) is 0 Å². The first-order chi connectivity index (χ1) is 20.3. The summed E-state index contributed by atoms with van der Waals surface area (Å²) < 4.78 is 11.1. The molecular weight excluding hydrogens is 500 g/mol. The number of fused-ring (bicyclic) bond motifs is 3. The van der Waals surface area contributed by atoms with E-state index in [0.29, 0.717) is 0 Å². The largest absolute Gasteiger partial charge is 0.497 e. The molecule has 0 radical (unpaired) electrons. The average Bonchev–Trinajstić information content (AvgIpc) is 3.36. The van der Waals surface area contributed by atoms with Crippen molar-refractivity contribution in [1.29, 1.82) is 0 Å². The molecule has 41 heavy (non-hydrogen) atoms. The number of benzene rings is 6. The van der Waals surface area contributed by atoms with Crippen LogP contribution in [0.15, 0.2) is 146 Å². The second-order valence-electron chi connectivity index (χ2n) is 10.4. The highest BCUT2D eigenvalue weighted by molar-refractivity contribution is 5.98. The molecule has 0 atom stereocenters. The molecule has 0 N–H and O–H groups in total. The van der Waals surface area contributed by atoms with Crippen LogP contribution >= 0.6 is 0 Å². The van der Waals surface area contributed by atoms with Gasteiger partial charge in [0.25, 0.3) is 0 Å². The zero-order valence-corrected chi connectivity index (χ0v) is 23.2. The summed E-state index contributed by atoms with van der Waals surface area (Å²) in [5.74, 6) is 1.68. The molecule has 0 aromatic heterocycles. The van der Waals surface area contributed by atoms with Crippen LogP contribution in [0, 0.1) is 0 Å². The van der Waals surface area contributed by atoms with Gasteiger partial charge in [0.2, 0.25) is 0 Å². The maximum atomic E-state index is 5.55. The molecule has 0 bridgehead atoms. The third-order valence-electron chi connectivity index (χ3n) is 8.39. The first-order valence-electron chi connectivity index (χ1n) is 13.9. The van der Waals surface area contributed by atoms with Gasteiger partial charge in [-0.2, -0.15) is 0 Å². The number of methoxy groups -OCH3 is 2. The van der Waals surface area contributed by atoms with Crippen molar-refractivity contribution < 1.29 is 9.47 Å². The first kappa shape index (κ1) is 24.9. The molecule has 0 spiro atoms. The maximum Gasteiger partial charge on any atom is 0.118 e. The molecule has 0 fully saturated rings. The van der Waals surface area contributed by atoms with Crippen LogP contribution in [0.25, 0.3) is 33.4 Å². The summed E-state index contributed by atoms with van der Waals surface area (Å²) in [4.78, 5) is 0. The Morgan fingerprint density at radius 1 is 0.415 bits per heavy atom. The molecular formula is C39H30O2. The monoisotopic (exact) mass is 530 g/mol. The third kappa shape index (κ3) is 3.87. The quantitative estimate of drug-likeness (QED) is 0.213. The van der Waals surface area contributed by atoms with E-state index in [1.54, 1.807) is 14.2 Å². The van der Waals surface area contributed by atoms with Crippen molar-refractivity contribution in [2.45, 2.75) is 5.41 Å². The van der Waals surface area contributed by atoms with Crippen molar-refractivity contribution in [3.63, 3.8) is 0 Å². The summed E-state index contributed by atoms with van der Waals surface area (Å²) in [5.41, 5.74) is 11.8. The van der Waals surface area contributed by atoms with E-state index < -0.39 is 5.41 Å². The van der Waals surface area contributed by atoms with Gasteiger partial charge in [0, 0.05) is 0 Å². The maximum absolute atomic E-state index is 5.55. The molecule has 6 aromatic rings. The number of rotatable bonds is 6. The van der Waals surface area contributed by atoms with E-state index in [-0.39, 0.29) is 0 Å². The summed E-state index contributed by atoms with van der Waals surface area (Å²) in [5, 5.41) is 0. The minimum Gasteiger partial charge on any atom is -0.497 e. The van der Waals surface area contributed by atoms with Crippen LogP contribution in [-0.2, 0) is 5.41 Å². The van der Waals surface area contributed by atoms with Crippen molar-refractivity contribution >= 4 is 0 Å². The molecule has 2 heteroatoms. The highest BCUT2D eigenvalue weighted by Crippen LogP contribution is 2.60. The van der Waals surface area contributed by atoms with Crippen LogP contribution in [0.1, 0.15) is 22.3 Å². The Balaban J connectivity index is 1.66. The molecule has 0 heterocycles. The molecule has 1 aliphatic rings. The van der Waals surface area contributed by atoms with E-state index in [9.17, 15) is 0 Å². The lowest BCUT2D eigenvalue weighted by Crippen LogP contribution is -2.29. The Labute approximate surface area is 241 Å². The second-order valence-corrected chi connectivity index (χ2v) is 10.4. The van der Waals surface area contributed by atoms with Gasteiger partial charge in [0.05, 0.1) is 19.6 Å². The number of hydrogen-bond acceptors (Lipinski definition) is 2. The number of ether oxygens (including phenoxy) is 2. The Morgan fingerprint density at radius 2 is 0.902 bits per heavy atom. The van der Waals surface area contributed by atoms with Gasteiger partial charge in [0.15, 0.2) is 0 Å². The average molecular weight is 531 g/mol. The van der Waals surface area contributed by atoms with Crippen LogP contribution < -0.4 is 9.47 Å². The molecule has 0 aliphatic heterocycles. The summed E-state index contributed by atoms with van der Waals surface area (Å²) in [7, 11) is 3.42. The molecule has 0 saturated heterocycles. The predicted molar refractivity (Wildman–Crippen MR) is 168 cm³/mol. The first-order valence-corrected chi connectivity index (χ1v) is 13.9. The smallest absolute Gasteiger partial charge is 0.118 e. The summed E-state index contributed by atoms with van der Waals surface area (Å²) >= 11 is 0. The fourth-order valence-corrected chi connectivity index (χ4v) is 6.61. The van der Waals surface area contributed by atoms with Gasteiger partial charge in [-0.1, -0.05) is 121 Å². The van der Waals surface area contributed by atoms with Crippen molar-refractivity contribution in [3.8, 4) is 44.9 Å². The van der Waals surface area contributed by atoms with Crippen LogP contribution in [-0.4, -0.2) is 14.2 Å². The minimum absolute atomic E-state index is 0.508. The number of hydrogen-bond donors (Lipinski definition) is 0. The van der Waals surface area contributed by atoms with Crippen molar-refractivity contribution in [2.75, 3.05) is 14.2 Å². The lowest BCUT2D eigenvalue weighted by atomic mass is 9.65. The highest BCUT2D eigenvalue weighted by atomic mass is 16.5. The summed E-state index contributed by atoms with van der Waals surface area (Å²) in [6.45, 7) is 0. The van der Waals surface area contributed by atoms with Crippen LogP contribution in [0.4, 0.5) is 0 Å². The molecule has 0 unspecified atom stereocenters. The molecule has 198 valence electrons. The molecule has 2 nitrogen and oxygen atoms in total. The highest BCUT2D eigenvalue weighted by Gasteiger charge is 2.48. The van der Waals surface area contributed by atoms with Gasteiger partial charge < -0.3 is 9.47 Å². The Kier molecular flexibility index (Phi) is 6.17. The third-order valence-corrected chi connectivity index (χ3v) is 8.39. The van der Waals surface area contributed by atoms with Crippen LogP contribution in [0.5, 0.6) is 11.5 Å². The van der Waals surface area contributed by atoms with Gasteiger partial charge in [-0.05, 0) is 79.9 Å². The van der Waals surface area contributed by atoms with E-state index in [1.807, 2.05) is 12.1 Å². The molecule has 1 aliphatic carbocycles. The molecule has 0 amide bonds. The zero-order chi connectivity index (χ0) is 27.8. The van der Waals surface area contributed by atoms with Gasteiger partial charge in [-0.15, -0.1) is 0 Å². The van der Waals surface area contributed by atoms with Crippen LogP contribution in [0.3, 0.4) is 0 Å². The Hall–Kier alpha value is -5.08.